The van der Waals surface area contributed by atoms with Gasteiger partial charge in [-0.2, -0.15) is 0 Å². The summed E-state index contributed by atoms with van der Waals surface area (Å²) in [5, 5.41) is 2.96. The number of carbonyl (C=O) groups is 2. The molecule has 102 valence electrons. The monoisotopic (exact) mass is 255 g/mol. The molecular formula is C13H21NO4. The number of rotatable bonds is 5. The van der Waals surface area contributed by atoms with Gasteiger partial charge in [0.25, 0.3) is 0 Å². The van der Waals surface area contributed by atoms with Crippen LogP contribution in [-0.4, -0.2) is 37.2 Å². The van der Waals surface area contributed by atoms with Gasteiger partial charge in [0.1, 0.15) is 0 Å². The molecule has 5 heteroatoms. The van der Waals surface area contributed by atoms with Gasteiger partial charge in [-0.1, -0.05) is 12.2 Å². The Kier molecular flexibility index (Phi) is 4.90. The predicted octanol–water partition coefficient (Wildman–Crippen LogP) is 1.04. The molecule has 0 radical (unpaired) electrons. The fourth-order valence-corrected chi connectivity index (χ4v) is 2.37. The first-order chi connectivity index (χ1) is 8.50. The molecular weight excluding hydrogens is 234 g/mol. The Hall–Kier alpha value is -1.36. The molecule has 1 atom stereocenters. The highest BCUT2D eigenvalue weighted by molar-refractivity contribution is 6.06. The Balaban J connectivity index is 3.11. The van der Waals surface area contributed by atoms with Crippen molar-refractivity contribution in [2.45, 2.75) is 32.7 Å². The summed E-state index contributed by atoms with van der Waals surface area (Å²) in [4.78, 5) is 24.3. The van der Waals surface area contributed by atoms with Gasteiger partial charge in [-0.15, -0.1) is 0 Å². The highest BCUT2D eigenvalue weighted by atomic mass is 16.6. The molecule has 1 unspecified atom stereocenters. The zero-order valence-electron chi connectivity index (χ0n) is 11.2. The lowest BCUT2D eigenvalue weighted by molar-refractivity contribution is -0.167. The summed E-state index contributed by atoms with van der Waals surface area (Å²) in [5.41, 5.74) is -0.640. The number of hydrogen-bond donors (Lipinski definition) is 1. The quantitative estimate of drug-likeness (QED) is 0.452. The van der Waals surface area contributed by atoms with E-state index in [2.05, 4.69) is 11.9 Å². The maximum absolute atomic E-state index is 12.2. The normalized spacial score (nSPS) is 21.4. The average molecular weight is 255 g/mol. The van der Waals surface area contributed by atoms with Crippen molar-refractivity contribution in [2.75, 3.05) is 19.8 Å². The molecule has 18 heavy (non-hydrogen) atoms. The van der Waals surface area contributed by atoms with Gasteiger partial charge in [-0.3, -0.25) is 5.32 Å². The molecule has 5 nitrogen and oxygen atoms in total. The lowest BCUT2D eigenvalue weighted by Crippen LogP contribution is -2.60. The van der Waals surface area contributed by atoms with E-state index >= 15 is 0 Å². The van der Waals surface area contributed by atoms with E-state index in [9.17, 15) is 9.59 Å². The summed E-state index contributed by atoms with van der Waals surface area (Å²) >= 11 is 0. The third kappa shape index (κ3) is 2.41. The second-order valence-electron chi connectivity index (χ2n) is 4.36. The number of esters is 2. The molecule has 0 bridgehead atoms. The van der Waals surface area contributed by atoms with Crippen LogP contribution in [0.15, 0.2) is 12.2 Å². The Labute approximate surface area is 108 Å². The van der Waals surface area contributed by atoms with Crippen molar-refractivity contribution in [2.24, 2.45) is 5.92 Å². The average Bonchev–Trinajstić information content (AvgIpc) is 2.75. The van der Waals surface area contributed by atoms with Crippen LogP contribution in [0.3, 0.4) is 0 Å². The van der Waals surface area contributed by atoms with Gasteiger partial charge in [-0.05, 0) is 33.7 Å². The molecule has 0 aromatic rings. The van der Waals surface area contributed by atoms with E-state index in [4.69, 9.17) is 9.47 Å². The minimum Gasteiger partial charge on any atom is -0.464 e. The van der Waals surface area contributed by atoms with Crippen LogP contribution < -0.4 is 5.32 Å². The van der Waals surface area contributed by atoms with Gasteiger partial charge in [0.2, 0.25) is 5.54 Å². The summed E-state index contributed by atoms with van der Waals surface area (Å²) in [7, 11) is 0. The standard InChI is InChI=1S/C13H21NO4/c1-5-17-11(15)13(12(16)18-6-2)10(9(3)4)7-8-14-13/h10,14H,3,5-8H2,1-2,4H3. The lowest BCUT2D eigenvalue weighted by atomic mass is 9.81. The number of ether oxygens (including phenoxy) is 2. The third-order valence-electron chi connectivity index (χ3n) is 3.15. The van der Waals surface area contributed by atoms with Crippen LogP contribution in [0.4, 0.5) is 0 Å². The van der Waals surface area contributed by atoms with Crippen LogP contribution in [0.2, 0.25) is 0 Å². The topological polar surface area (TPSA) is 64.6 Å². The maximum atomic E-state index is 12.2. The molecule has 0 aliphatic carbocycles. The first kappa shape index (κ1) is 14.7. The van der Waals surface area contributed by atoms with Crippen LogP contribution in [0.5, 0.6) is 0 Å². The minimum atomic E-state index is -1.42. The molecule has 1 fully saturated rings. The minimum absolute atomic E-state index is 0.227. The van der Waals surface area contributed by atoms with E-state index < -0.39 is 17.5 Å². The van der Waals surface area contributed by atoms with Crippen LogP contribution >= 0.6 is 0 Å². The predicted molar refractivity (Wildman–Crippen MR) is 66.9 cm³/mol. The summed E-state index contributed by atoms with van der Waals surface area (Å²) < 4.78 is 10.1. The molecule has 1 aliphatic heterocycles. The van der Waals surface area contributed by atoms with Gasteiger partial charge in [0, 0.05) is 5.92 Å². The molecule has 1 aliphatic rings. The fraction of sp³-hybridized carbons (Fsp3) is 0.692. The Bertz CT molecular complexity index is 333. The molecule has 0 saturated carbocycles. The van der Waals surface area contributed by atoms with E-state index in [1.54, 1.807) is 13.8 Å². The van der Waals surface area contributed by atoms with Gasteiger partial charge >= 0.3 is 11.9 Å². The van der Waals surface area contributed by atoms with Crippen molar-refractivity contribution in [1.82, 2.24) is 5.32 Å². The van der Waals surface area contributed by atoms with Crippen LogP contribution in [0.25, 0.3) is 0 Å². The van der Waals surface area contributed by atoms with E-state index in [-0.39, 0.29) is 19.1 Å². The third-order valence-corrected chi connectivity index (χ3v) is 3.15. The molecule has 0 amide bonds. The molecule has 1 rings (SSSR count). The summed E-state index contributed by atoms with van der Waals surface area (Å²) in [6.45, 7) is 10.1. The number of nitrogens with one attached hydrogen (secondary N) is 1. The highest BCUT2D eigenvalue weighted by Gasteiger charge is 2.57. The molecule has 0 aromatic carbocycles. The Morgan fingerprint density at radius 1 is 1.28 bits per heavy atom. The van der Waals surface area contributed by atoms with Crippen molar-refractivity contribution < 1.29 is 19.1 Å². The van der Waals surface area contributed by atoms with Crippen molar-refractivity contribution >= 4 is 11.9 Å². The second-order valence-corrected chi connectivity index (χ2v) is 4.36. The molecule has 1 saturated heterocycles. The van der Waals surface area contributed by atoms with Crippen molar-refractivity contribution in [3.8, 4) is 0 Å². The van der Waals surface area contributed by atoms with Crippen LogP contribution in [0, 0.1) is 5.92 Å². The van der Waals surface area contributed by atoms with E-state index in [0.717, 1.165) is 5.57 Å². The van der Waals surface area contributed by atoms with Gasteiger partial charge in [0.15, 0.2) is 0 Å². The van der Waals surface area contributed by atoms with Gasteiger partial charge < -0.3 is 9.47 Å². The second kappa shape index (κ2) is 6.00. The number of hydrogen-bond acceptors (Lipinski definition) is 5. The SMILES string of the molecule is C=C(C)C1CCNC1(C(=O)OCC)C(=O)OCC. The molecule has 1 heterocycles. The van der Waals surface area contributed by atoms with Crippen molar-refractivity contribution in [3.05, 3.63) is 12.2 Å². The smallest absolute Gasteiger partial charge is 0.338 e. The lowest BCUT2D eigenvalue weighted by Gasteiger charge is -2.30. The van der Waals surface area contributed by atoms with Gasteiger partial charge in [-0.25, -0.2) is 9.59 Å². The van der Waals surface area contributed by atoms with Crippen molar-refractivity contribution in [3.63, 3.8) is 0 Å². The Morgan fingerprint density at radius 2 is 1.78 bits per heavy atom. The first-order valence-electron chi connectivity index (χ1n) is 6.25. The largest absolute Gasteiger partial charge is 0.464 e. The summed E-state index contributed by atoms with van der Waals surface area (Å²) in [5.74, 6) is -1.43. The first-order valence-corrected chi connectivity index (χ1v) is 6.25. The molecule has 0 aromatic heterocycles. The van der Waals surface area contributed by atoms with Crippen LogP contribution in [-0.2, 0) is 19.1 Å². The van der Waals surface area contributed by atoms with Crippen LogP contribution in [0.1, 0.15) is 27.2 Å². The van der Waals surface area contributed by atoms with Gasteiger partial charge in [0.05, 0.1) is 13.2 Å². The van der Waals surface area contributed by atoms with Crippen molar-refractivity contribution in [1.29, 1.82) is 0 Å². The maximum Gasteiger partial charge on any atom is 0.338 e. The highest BCUT2D eigenvalue weighted by Crippen LogP contribution is 2.34. The summed E-state index contributed by atoms with van der Waals surface area (Å²) in [6, 6.07) is 0. The van der Waals surface area contributed by atoms with E-state index in [1.165, 1.54) is 0 Å². The zero-order valence-corrected chi connectivity index (χ0v) is 11.2. The molecule has 0 spiro atoms. The molecule has 1 N–H and O–H groups in total. The fourth-order valence-electron chi connectivity index (χ4n) is 2.37. The number of carbonyl (C=O) groups excluding carboxylic acids is 2. The zero-order chi connectivity index (χ0) is 13.8. The summed E-state index contributed by atoms with van der Waals surface area (Å²) in [6.07, 6.45) is 0.674. The van der Waals surface area contributed by atoms with E-state index in [1.807, 2.05) is 6.92 Å². The Morgan fingerprint density at radius 3 is 2.17 bits per heavy atom. The van der Waals surface area contributed by atoms with E-state index in [0.29, 0.717) is 13.0 Å².